The van der Waals surface area contributed by atoms with Gasteiger partial charge in [-0.3, -0.25) is 5.43 Å². The first-order valence-electron chi connectivity index (χ1n) is 6.77. The lowest BCUT2D eigenvalue weighted by Crippen LogP contribution is -2.26. The lowest BCUT2D eigenvalue weighted by Gasteiger charge is -2.22. The molecule has 1 aliphatic heterocycles. The Morgan fingerprint density at radius 2 is 1.95 bits per heavy atom. The second-order valence-electron chi connectivity index (χ2n) is 4.99. The minimum Gasteiger partial charge on any atom is -0.356 e. The van der Waals surface area contributed by atoms with Crippen LogP contribution in [0.5, 0.6) is 0 Å². The summed E-state index contributed by atoms with van der Waals surface area (Å²) in [5, 5.41) is 1.16. The molecule has 0 aromatic carbocycles. The van der Waals surface area contributed by atoms with E-state index in [1.165, 1.54) is 30.6 Å². The number of nitrogens with zero attached hydrogens (tertiary/aromatic N) is 3. The van der Waals surface area contributed by atoms with Gasteiger partial charge in [-0.2, -0.15) is 4.98 Å². The van der Waals surface area contributed by atoms with Crippen molar-refractivity contribution < 1.29 is 0 Å². The minimum atomic E-state index is 0.508. The Balaban J connectivity index is 2.08. The molecule has 6 heteroatoms. The van der Waals surface area contributed by atoms with Crippen LogP contribution in [0.3, 0.4) is 0 Å². The molecule has 1 aliphatic rings. The second-order valence-corrected chi connectivity index (χ2v) is 6.23. The van der Waals surface area contributed by atoms with Crippen LogP contribution < -0.4 is 16.2 Å². The molecule has 5 nitrogen and oxygen atoms in total. The molecule has 102 valence electrons. The van der Waals surface area contributed by atoms with Crippen molar-refractivity contribution in [3.63, 3.8) is 0 Å². The van der Waals surface area contributed by atoms with Crippen LogP contribution in [-0.4, -0.2) is 23.1 Å². The molecule has 1 saturated heterocycles. The molecule has 0 radical (unpaired) electrons. The van der Waals surface area contributed by atoms with Crippen LogP contribution >= 0.6 is 11.3 Å². The Bertz CT molecular complexity index is 572. The zero-order chi connectivity index (χ0) is 13.2. The maximum absolute atomic E-state index is 5.49. The highest BCUT2D eigenvalue weighted by molar-refractivity contribution is 7.18. The number of thiophene rings is 1. The molecule has 0 atom stereocenters. The van der Waals surface area contributed by atoms with Gasteiger partial charge in [-0.25, -0.2) is 10.8 Å². The Morgan fingerprint density at radius 3 is 2.63 bits per heavy atom. The molecule has 3 N–H and O–H groups in total. The van der Waals surface area contributed by atoms with E-state index in [9.17, 15) is 0 Å². The molecule has 1 fully saturated rings. The first kappa shape index (κ1) is 12.6. The van der Waals surface area contributed by atoms with Crippen molar-refractivity contribution >= 4 is 33.3 Å². The number of rotatable bonds is 2. The molecular formula is C13H19N5S. The fraction of sp³-hybridized carbons (Fsp3) is 0.538. The second kappa shape index (κ2) is 5.30. The topological polar surface area (TPSA) is 67.1 Å². The van der Waals surface area contributed by atoms with E-state index in [-0.39, 0.29) is 0 Å². The Labute approximate surface area is 116 Å². The third-order valence-electron chi connectivity index (χ3n) is 3.53. The third kappa shape index (κ3) is 2.50. The smallest absolute Gasteiger partial charge is 0.240 e. The Hall–Kier alpha value is -1.40. The monoisotopic (exact) mass is 277 g/mol. The van der Waals surface area contributed by atoms with E-state index in [4.69, 9.17) is 5.84 Å². The van der Waals surface area contributed by atoms with Crippen molar-refractivity contribution in [2.45, 2.75) is 32.6 Å². The van der Waals surface area contributed by atoms with E-state index < -0.39 is 0 Å². The molecule has 3 rings (SSSR count). The number of hydrogen-bond acceptors (Lipinski definition) is 6. The lowest BCUT2D eigenvalue weighted by atomic mass is 10.2. The molecule has 0 amide bonds. The fourth-order valence-corrected chi connectivity index (χ4v) is 3.49. The van der Waals surface area contributed by atoms with Crippen LogP contribution in [0.15, 0.2) is 6.07 Å². The number of nitrogens with two attached hydrogens (primary N) is 1. The normalized spacial score (nSPS) is 16.6. The SMILES string of the molecule is Cc1cc2c(N3CCCCCC3)nc(NN)nc2s1. The summed E-state index contributed by atoms with van der Waals surface area (Å²) in [6.07, 6.45) is 5.10. The van der Waals surface area contributed by atoms with Gasteiger partial charge in [-0.1, -0.05) is 12.8 Å². The van der Waals surface area contributed by atoms with E-state index in [1.807, 2.05) is 0 Å². The van der Waals surface area contributed by atoms with Gasteiger partial charge in [0.05, 0.1) is 5.39 Å². The van der Waals surface area contributed by atoms with Gasteiger partial charge >= 0.3 is 0 Å². The van der Waals surface area contributed by atoms with Crippen molar-refractivity contribution in [1.29, 1.82) is 0 Å². The molecular weight excluding hydrogens is 258 g/mol. The summed E-state index contributed by atoms with van der Waals surface area (Å²) in [6.45, 7) is 4.25. The number of nitrogen functional groups attached to an aromatic ring is 1. The quantitative estimate of drug-likeness (QED) is 0.652. The molecule has 2 aromatic rings. The van der Waals surface area contributed by atoms with Gasteiger partial charge in [-0.15, -0.1) is 11.3 Å². The number of anilines is 2. The number of hydrazine groups is 1. The van der Waals surface area contributed by atoms with Crippen molar-refractivity contribution in [2.24, 2.45) is 5.84 Å². The maximum Gasteiger partial charge on any atom is 0.240 e. The predicted molar refractivity (Wildman–Crippen MR) is 80.6 cm³/mol. The summed E-state index contributed by atoms with van der Waals surface area (Å²) in [6, 6.07) is 2.18. The first-order chi connectivity index (χ1) is 9.28. The number of hydrogen-bond donors (Lipinski definition) is 2. The lowest BCUT2D eigenvalue weighted by molar-refractivity contribution is 0.726. The summed E-state index contributed by atoms with van der Waals surface area (Å²) in [4.78, 5) is 13.7. The van der Waals surface area contributed by atoms with Gasteiger partial charge in [0.15, 0.2) is 0 Å². The predicted octanol–water partition coefficient (Wildman–Crippen LogP) is 2.67. The molecule has 0 aliphatic carbocycles. The molecule has 0 spiro atoms. The van der Waals surface area contributed by atoms with Crippen molar-refractivity contribution in [3.8, 4) is 0 Å². The molecule has 0 unspecified atom stereocenters. The highest BCUT2D eigenvalue weighted by Gasteiger charge is 2.17. The summed E-state index contributed by atoms with van der Waals surface area (Å²) in [5.74, 6) is 7.03. The first-order valence-corrected chi connectivity index (χ1v) is 7.59. The van der Waals surface area contributed by atoms with E-state index in [1.54, 1.807) is 11.3 Å². The number of nitrogens with one attached hydrogen (secondary N) is 1. The number of fused-ring (bicyclic) bond motifs is 1. The van der Waals surface area contributed by atoms with E-state index >= 15 is 0 Å². The number of aryl methyl sites for hydroxylation is 1. The minimum absolute atomic E-state index is 0.508. The van der Waals surface area contributed by atoms with Crippen LogP contribution in [0.4, 0.5) is 11.8 Å². The van der Waals surface area contributed by atoms with Gasteiger partial charge in [0.1, 0.15) is 10.6 Å². The zero-order valence-electron chi connectivity index (χ0n) is 11.1. The molecule has 19 heavy (non-hydrogen) atoms. The Kier molecular flexibility index (Phi) is 3.52. The van der Waals surface area contributed by atoms with Crippen molar-refractivity contribution in [1.82, 2.24) is 9.97 Å². The summed E-state index contributed by atoms with van der Waals surface area (Å²) in [5.41, 5.74) is 2.58. The highest BCUT2D eigenvalue weighted by Crippen LogP contribution is 2.32. The van der Waals surface area contributed by atoms with Crippen LogP contribution in [0.1, 0.15) is 30.6 Å². The molecule has 0 bridgehead atoms. The molecule has 2 aromatic heterocycles. The van der Waals surface area contributed by atoms with Gasteiger partial charge in [0, 0.05) is 18.0 Å². The van der Waals surface area contributed by atoms with Crippen LogP contribution in [0.2, 0.25) is 0 Å². The summed E-state index contributed by atoms with van der Waals surface area (Å²) in [7, 11) is 0. The number of aromatic nitrogens is 2. The van der Waals surface area contributed by atoms with Gasteiger partial charge in [0.2, 0.25) is 5.95 Å². The van der Waals surface area contributed by atoms with Crippen molar-refractivity contribution in [2.75, 3.05) is 23.4 Å². The standard InChI is InChI=1S/C13H19N5S/c1-9-8-10-11(18-6-4-2-3-5-7-18)15-13(17-14)16-12(10)19-9/h8H,2-7,14H2,1H3,(H,15,16,17). The fourth-order valence-electron chi connectivity index (χ4n) is 2.61. The average molecular weight is 277 g/mol. The largest absolute Gasteiger partial charge is 0.356 e. The van der Waals surface area contributed by atoms with E-state index in [0.717, 1.165) is 29.1 Å². The van der Waals surface area contributed by atoms with E-state index in [2.05, 4.69) is 33.3 Å². The maximum atomic E-state index is 5.49. The average Bonchev–Trinajstić information content (AvgIpc) is 2.64. The summed E-state index contributed by atoms with van der Waals surface area (Å²) >= 11 is 1.69. The van der Waals surface area contributed by atoms with Crippen LogP contribution in [0, 0.1) is 6.92 Å². The van der Waals surface area contributed by atoms with Gasteiger partial charge in [-0.05, 0) is 25.8 Å². The molecule has 0 saturated carbocycles. The third-order valence-corrected chi connectivity index (χ3v) is 4.47. The van der Waals surface area contributed by atoms with E-state index in [0.29, 0.717) is 5.95 Å². The van der Waals surface area contributed by atoms with Crippen molar-refractivity contribution in [3.05, 3.63) is 10.9 Å². The van der Waals surface area contributed by atoms with Crippen LogP contribution in [0.25, 0.3) is 10.2 Å². The van der Waals surface area contributed by atoms with Crippen LogP contribution in [-0.2, 0) is 0 Å². The summed E-state index contributed by atoms with van der Waals surface area (Å²) < 4.78 is 0. The molecule has 3 heterocycles. The van der Waals surface area contributed by atoms with Gasteiger partial charge < -0.3 is 4.90 Å². The highest BCUT2D eigenvalue weighted by atomic mass is 32.1. The Morgan fingerprint density at radius 1 is 1.21 bits per heavy atom. The zero-order valence-corrected chi connectivity index (χ0v) is 12.0. The van der Waals surface area contributed by atoms with Gasteiger partial charge in [0.25, 0.3) is 0 Å².